The molecule has 0 aromatic carbocycles. The van der Waals surface area contributed by atoms with Crippen LogP contribution in [0.25, 0.3) is 0 Å². The molecule has 4 rings (SSSR count). The molecule has 47 heavy (non-hydrogen) atoms. The van der Waals surface area contributed by atoms with Gasteiger partial charge < -0.3 is 20.1 Å². The number of carboxylic acids is 3. The SMILES string of the molecule is Cc1csc(CN2CC3(CC(COCc4ccncc4)CCN3C)C2)n1.O=C(O)C(F)(F)F.O=C(O)C(F)(F)F.O=C(O)C(F)(F)F. The number of carboxylic acid groups (broad SMARTS) is 3. The summed E-state index contributed by atoms with van der Waals surface area (Å²) in [6.45, 7) is 8.11. The number of hydrogen-bond donors (Lipinski definition) is 3. The van der Waals surface area contributed by atoms with Crippen LogP contribution in [0, 0.1) is 12.8 Å². The molecule has 11 nitrogen and oxygen atoms in total. The van der Waals surface area contributed by atoms with E-state index < -0.39 is 36.4 Å². The number of pyridine rings is 1. The third-order valence-electron chi connectivity index (χ3n) is 6.51. The standard InChI is InChI=1S/C20H28N4OS.3C2HF3O2/c1-16-13-26-19(22-16)10-24-14-20(15-24)9-18(5-8-23(20)2)12-25-11-17-3-6-21-7-4-17;3*3-2(4,5)1(6)7/h3-4,6-7,13,18H,5,8-12,14-15H2,1-2H3;3*(H,6,7). The zero-order chi connectivity index (χ0) is 36.2. The summed E-state index contributed by atoms with van der Waals surface area (Å²) in [4.78, 5) is 40.5. The maximum absolute atomic E-state index is 10.6. The van der Waals surface area contributed by atoms with Crippen molar-refractivity contribution in [2.75, 3.05) is 33.3 Å². The average Bonchev–Trinajstić information content (AvgIpc) is 3.34. The molecule has 2 saturated heterocycles. The number of aliphatic carboxylic acids is 3. The van der Waals surface area contributed by atoms with Crippen LogP contribution in [0.15, 0.2) is 29.9 Å². The molecule has 0 radical (unpaired) electrons. The molecule has 0 aliphatic carbocycles. The molecule has 2 aromatic heterocycles. The molecule has 1 spiro atoms. The van der Waals surface area contributed by atoms with Crippen molar-refractivity contribution in [2.45, 2.75) is 57.0 Å². The van der Waals surface area contributed by atoms with Crippen molar-refractivity contribution in [2.24, 2.45) is 5.92 Å². The zero-order valence-corrected chi connectivity index (χ0v) is 25.5. The third kappa shape index (κ3) is 15.3. The van der Waals surface area contributed by atoms with E-state index in [0.29, 0.717) is 18.1 Å². The second-order valence-electron chi connectivity index (χ2n) is 10.3. The fourth-order valence-electron chi connectivity index (χ4n) is 4.31. The Bertz CT molecular complexity index is 1230. The number of rotatable bonds is 6. The molecule has 266 valence electrons. The number of halogens is 9. The molecule has 2 aliphatic heterocycles. The number of nitrogens with zero attached hydrogens (tertiary/aromatic N) is 4. The number of alkyl halides is 9. The molecule has 3 N–H and O–H groups in total. The Balaban J connectivity index is 0.000000430. The first-order chi connectivity index (χ1) is 21.5. The second kappa shape index (κ2) is 17.6. The highest BCUT2D eigenvalue weighted by atomic mass is 32.1. The molecule has 2 aliphatic rings. The molecular formula is C26H31F9N4O7S. The van der Waals surface area contributed by atoms with E-state index in [1.165, 1.54) is 30.0 Å². The van der Waals surface area contributed by atoms with Gasteiger partial charge in [0.15, 0.2) is 0 Å². The lowest BCUT2D eigenvalue weighted by atomic mass is 9.75. The molecule has 0 amide bonds. The monoisotopic (exact) mass is 714 g/mol. The first kappa shape index (κ1) is 41.5. The van der Waals surface area contributed by atoms with Crippen LogP contribution >= 0.6 is 11.3 Å². The van der Waals surface area contributed by atoms with Crippen LogP contribution in [0.5, 0.6) is 0 Å². The Labute approximate surface area is 265 Å². The van der Waals surface area contributed by atoms with Gasteiger partial charge >= 0.3 is 36.4 Å². The van der Waals surface area contributed by atoms with Gasteiger partial charge in [-0.3, -0.25) is 14.8 Å². The van der Waals surface area contributed by atoms with E-state index in [1.54, 1.807) is 11.3 Å². The van der Waals surface area contributed by atoms with Gasteiger partial charge in [0.05, 0.1) is 13.2 Å². The molecule has 1 atom stereocenters. The highest BCUT2D eigenvalue weighted by Gasteiger charge is 2.49. The van der Waals surface area contributed by atoms with Crippen molar-refractivity contribution in [3.05, 3.63) is 46.2 Å². The number of aromatic nitrogens is 2. The fraction of sp³-hybridized carbons (Fsp3) is 0.577. The number of likely N-dealkylation sites (N-methyl/N-ethyl adjacent to an activating group) is 1. The van der Waals surface area contributed by atoms with Crippen molar-refractivity contribution in [1.29, 1.82) is 0 Å². The van der Waals surface area contributed by atoms with Crippen LogP contribution in [0.2, 0.25) is 0 Å². The van der Waals surface area contributed by atoms with Crippen molar-refractivity contribution in [3.8, 4) is 0 Å². The Morgan fingerprint density at radius 3 is 1.81 bits per heavy atom. The summed E-state index contributed by atoms with van der Waals surface area (Å²) in [6.07, 6.45) is -9.11. The fourth-order valence-corrected chi connectivity index (χ4v) is 5.12. The quantitative estimate of drug-likeness (QED) is 0.352. The molecule has 0 saturated carbocycles. The van der Waals surface area contributed by atoms with E-state index in [4.69, 9.17) is 34.4 Å². The Morgan fingerprint density at radius 1 is 0.936 bits per heavy atom. The Kier molecular flexibility index (Phi) is 15.5. The van der Waals surface area contributed by atoms with E-state index in [-0.39, 0.29) is 0 Å². The highest BCUT2D eigenvalue weighted by molar-refractivity contribution is 7.09. The van der Waals surface area contributed by atoms with E-state index in [9.17, 15) is 39.5 Å². The summed E-state index contributed by atoms with van der Waals surface area (Å²) >= 11 is 1.78. The summed E-state index contributed by atoms with van der Waals surface area (Å²) < 4.78 is 101. The number of ether oxygens (including phenoxy) is 1. The number of carbonyl (C=O) groups is 3. The number of aryl methyl sites for hydroxylation is 1. The minimum atomic E-state index is -5.08. The molecule has 0 bridgehead atoms. The van der Waals surface area contributed by atoms with Crippen molar-refractivity contribution in [3.63, 3.8) is 0 Å². The predicted octanol–water partition coefficient (Wildman–Crippen LogP) is 4.86. The maximum atomic E-state index is 10.6. The number of thiazole rings is 1. The Hall–Kier alpha value is -3.56. The van der Waals surface area contributed by atoms with Crippen molar-refractivity contribution < 1.29 is 74.0 Å². The lowest BCUT2D eigenvalue weighted by Crippen LogP contribution is -2.71. The largest absolute Gasteiger partial charge is 0.490 e. The van der Waals surface area contributed by atoms with Crippen LogP contribution in [0.3, 0.4) is 0 Å². The smallest absolute Gasteiger partial charge is 0.475 e. The highest BCUT2D eigenvalue weighted by Crippen LogP contribution is 2.39. The maximum Gasteiger partial charge on any atom is 0.490 e. The average molecular weight is 715 g/mol. The number of likely N-dealkylation sites (tertiary alicyclic amines) is 2. The normalized spacial score (nSPS) is 17.9. The van der Waals surface area contributed by atoms with Gasteiger partial charge in [-0.05, 0) is 57.0 Å². The van der Waals surface area contributed by atoms with Gasteiger partial charge in [-0.25, -0.2) is 19.4 Å². The summed E-state index contributed by atoms with van der Waals surface area (Å²) in [7, 11) is 2.29. The molecule has 4 heterocycles. The van der Waals surface area contributed by atoms with Crippen LogP contribution in [0.4, 0.5) is 39.5 Å². The van der Waals surface area contributed by atoms with Crippen LogP contribution in [-0.2, 0) is 32.3 Å². The van der Waals surface area contributed by atoms with Crippen molar-refractivity contribution >= 4 is 29.2 Å². The van der Waals surface area contributed by atoms with E-state index in [1.807, 2.05) is 24.5 Å². The first-order valence-electron chi connectivity index (χ1n) is 13.2. The predicted molar refractivity (Wildman–Crippen MR) is 145 cm³/mol. The first-order valence-corrected chi connectivity index (χ1v) is 14.1. The summed E-state index contributed by atoms with van der Waals surface area (Å²) in [5, 5.41) is 24.8. The summed E-state index contributed by atoms with van der Waals surface area (Å²) in [5.41, 5.74) is 2.69. The van der Waals surface area contributed by atoms with E-state index >= 15 is 0 Å². The van der Waals surface area contributed by atoms with Gasteiger partial charge in [0, 0.05) is 48.7 Å². The molecule has 2 aromatic rings. The summed E-state index contributed by atoms with van der Waals surface area (Å²) in [6, 6.07) is 4.06. The van der Waals surface area contributed by atoms with E-state index in [2.05, 4.69) is 39.1 Å². The van der Waals surface area contributed by atoms with Gasteiger partial charge in [0.1, 0.15) is 5.01 Å². The van der Waals surface area contributed by atoms with Gasteiger partial charge in [-0.2, -0.15) is 39.5 Å². The van der Waals surface area contributed by atoms with Crippen LogP contribution < -0.4 is 0 Å². The van der Waals surface area contributed by atoms with Crippen LogP contribution in [-0.4, -0.2) is 110 Å². The minimum absolute atomic E-state index is 0.343. The topological polar surface area (TPSA) is 153 Å². The molecule has 1 unspecified atom stereocenters. The van der Waals surface area contributed by atoms with Gasteiger partial charge in [-0.15, -0.1) is 11.3 Å². The van der Waals surface area contributed by atoms with Crippen molar-refractivity contribution in [1.82, 2.24) is 19.8 Å². The molecule has 21 heteroatoms. The number of hydrogen-bond acceptors (Lipinski definition) is 9. The lowest BCUT2D eigenvalue weighted by molar-refractivity contribution is -0.193. The number of piperidine rings is 1. The molecule has 2 fully saturated rings. The van der Waals surface area contributed by atoms with E-state index in [0.717, 1.165) is 31.9 Å². The van der Waals surface area contributed by atoms with Crippen LogP contribution in [0.1, 0.15) is 29.1 Å². The zero-order valence-electron chi connectivity index (χ0n) is 24.7. The molecular weight excluding hydrogens is 683 g/mol. The minimum Gasteiger partial charge on any atom is -0.475 e. The van der Waals surface area contributed by atoms with Gasteiger partial charge in [-0.1, -0.05) is 0 Å². The lowest BCUT2D eigenvalue weighted by Gasteiger charge is -2.58. The summed E-state index contributed by atoms with van der Waals surface area (Å²) in [5.74, 6) is -7.61. The van der Waals surface area contributed by atoms with Gasteiger partial charge in [0.2, 0.25) is 0 Å². The van der Waals surface area contributed by atoms with Gasteiger partial charge in [0.25, 0.3) is 0 Å². The third-order valence-corrected chi connectivity index (χ3v) is 7.46. The Morgan fingerprint density at radius 2 is 1.40 bits per heavy atom. The second-order valence-corrected chi connectivity index (χ2v) is 11.3.